The van der Waals surface area contributed by atoms with E-state index in [1.54, 1.807) is 12.4 Å². The summed E-state index contributed by atoms with van der Waals surface area (Å²) in [5, 5.41) is 15.7. The Labute approximate surface area is 146 Å². The zero-order valence-corrected chi connectivity index (χ0v) is 14.9. The molecule has 0 aromatic carbocycles. The van der Waals surface area contributed by atoms with Gasteiger partial charge in [0.2, 0.25) is 5.88 Å². The van der Waals surface area contributed by atoms with E-state index in [4.69, 9.17) is 4.74 Å². The van der Waals surface area contributed by atoms with E-state index >= 15 is 0 Å². The molecule has 1 saturated heterocycles. The molecule has 3 heterocycles. The number of aliphatic hydroxyl groups excluding tert-OH is 1. The molecule has 3 N–H and O–H groups in total. The fraction of sp³-hybridized carbons (Fsp3) is 0.588. The van der Waals surface area contributed by atoms with Gasteiger partial charge in [-0.05, 0) is 46.7 Å². The number of fused-ring (bicyclic) bond motifs is 1. The Bertz CT molecular complexity index is 759. The van der Waals surface area contributed by atoms with E-state index in [-0.39, 0.29) is 24.3 Å². The number of aromatic nitrogens is 3. The molecule has 1 aliphatic rings. The van der Waals surface area contributed by atoms with Gasteiger partial charge in [0.05, 0.1) is 11.8 Å². The van der Waals surface area contributed by atoms with Crippen molar-refractivity contribution >= 4 is 17.1 Å². The lowest BCUT2D eigenvalue weighted by molar-refractivity contribution is 0.0920. The zero-order valence-electron chi connectivity index (χ0n) is 14.9. The van der Waals surface area contributed by atoms with Crippen LogP contribution in [0.15, 0.2) is 12.4 Å². The molecule has 2 aromatic heterocycles. The van der Waals surface area contributed by atoms with Gasteiger partial charge in [0.15, 0.2) is 5.65 Å². The van der Waals surface area contributed by atoms with Crippen molar-refractivity contribution in [2.24, 2.45) is 0 Å². The van der Waals surface area contributed by atoms with Crippen LogP contribution in [0.25, 0.3) is 11.2 Å². The number of carbonyl (C=O) groups excluding carboxylic acids is 1. The molecule has 1 amide bonds. The maximum Gasteiger partial charge on any atom is 0.255 e. The molecule has 0 atom stereocenters. The van der Waals surface area contributed by atoms with Crippen LogP contribution in [0, 0.1) is 0 Å². The molecule has 2 aromatic rings. The van der Waals surface area contributed by atoms with E-state index < -0.39 is 0 Å². The van der Waals surface area contributed by atoms with Crippen LogP contribution in [0.2, 0.25) is 0 Å². The highest BCUT2D eigenvalue weighted by Crippen LogP contribution is 2.22. The summed E-state index contributed by atoms with van der Waals surface area (Å²) >= 11 is 0. The minimum atomic E-state index is -0.374. The van der Waals surface area contributed by atoms with Gasteiger partial charge in [-0.1, -0.05) is 0 Å². The van der Waals surface area contributed by atoms with Gasteiger partial charge in [-0.3, -0.25) is 4.79 Å². The first-order valence-corrected chi connectivity index (χ1v) is 8.54. The van der Waals surface area contributed by atoms with Gasteiger partial charge < -0.3 is 25.0 Å². The number of ether oxygens (including phenoxy) is 1. The number of aliphatic hydroxyl groups is 1. The first-order valence-electron chi connectivity index (χ1n) is 8.54. The average Bonchev–Trinajstić information content (AvgIpc) is 2.92. The molecule has 0 radical (unpaired) electrons. The van der Waals surface area contributed by atoms with Crippen LogP contribution in [-0.2, 0) is 6.73 Å². The van der Waals surface area contributed by atoms with Gasteiger partial charge in [-0.2, -0.15) is 0 Å². The predicted octanol–water partition coefficient (Wildman–Crippen LogP) is 1.04. The van der Waals surface area contributed by atoms with Crippen LogP contribution in [0.1, 0.15) is 44.0 Å². The second-order valence-electron chi connectivity index (χ2n) is 7.31. The van der Waals surface area contributed by atoms with Crippen LogP contribution in [0.5, 0.6) is 5.88 Å². The van der Waals surface area contributed by atoms with Crippen LogP contribution in [0.4, 0.5) is 0 Å². The number of nitrogens with zero attached hydrogens (tertiary/aromatic N) is 3. The molecule has 0 bridgehead atoms. The Hall–Kier alpha value is -2.19. The van der Waals surface area contributed by atoms with Crippen molar-refractivity contribution in [2.45, 2.75) is 52.0 Å². The summed E-state index contributed by atoms with van der Waals surface area (Å²) in [4.78, 5) is 21.4. The van der Waals surface area contributed by atoms with Crippen molar-refractivity contribution in [3.63, 3.8) is 0 Å². The van der Waals surface area contributed by atoms with Gasteiger partial charge in [0, 0.05) is 11.7 Å². The van der Waals surface area contributed by atoms with Crippen LogP contribution in [-0.4, -0.2) is 50.3 Å². The quantitative estimate of drug-likeness (QED) is 0.764. The molecule has 1 aliphatic heterocycles. The standard InChI is InChI=1S/C17H25N5O3/c1-17(2,3)21-16(24)12-9-22(10-23)15-14(12)20-13(8-19-15)25-11-4-6-18-7-5-11/h8-9,11,18,23H,4-7,10H2,1-3H3,(H,21,24). The maximum absolute atomic E-state index is 12.6. The largest absolute Gasteiger partial charge is 0.473 e. The summed E-state index contributed by atoms with van der Waals surface area (Å²) in [6, 6.07) is 0. The normalized spacial score (nSPS) is 16.2. The fourth-order valence-electron chi connectivity index (χ4n) is 2.86. The highest BCUT2D eigenvalue weighted by atomic mass is 16.5. The minimum Gasteiger partial charge on any atom is -0.473 e. The minimum absolute atomic E-state index is 0.0970. The average molecular weight is 347 g/mol. The number of nitrogens with one attached hydrogen (secondary N) is 2. The van der Waals surface area contributed by atoms with E-state index in [9.17, 15) is 9.90 Å². The Balaban J connectivity index is 1.92. The third-order valence-electron chi connectivity index (χ3n) is 4.00. The highest BCUT2D eigenvalue weighted by molar-refractivity contribution is 6.05. The van der Waals surface area contributed by atoms with E-state index in [0.29, 0.717) is 22.6 Å². The Kier molecular flexibility index (Phi) is 4.91. The molecule has 0 aliphatic carbocycles. The topological polar surface area (TPSA) is 101 Å². The summed E-state index contributed by atoms with van der Waals surface area (Å²) < 4.78 is 7.42. The lowest BCUT2D eigenvalue weighted by Crippen LogP contribution is -2.40. The zero-order chi connectivity index (χ0) is 18.0. The molecular formula is C17H25N5O3. The lowest BCUT2D eigenvalue weighted by atomic mass is 10.1. The van der Waals surface area contributed by atoms with Crippen molar-refractivity contribution in [1.82, 2.24) is 25.2 Å². The van der Waals surface area contributed by atoms with Crippen LogP contribution < -0.4 is 15.4 Å². The lowest BCUT2D eigenvalue weighted by Gasteiger charge is -2.23. The molecule has 0 spiro atoms. The summed E-state index contributed by atoms with van der Waals surface area (Å²) in [7, 11) is 0. The fourth-order valence-corrected chi connectivity index (χ4v) is 2.86. The molecule has 136 valence electrons. The summed E-state index contributed by atoms with van der Waals surface area (Å²) in [5.74, 6) is 0.151. The number of piperidine rings is 1. The van der Waals surface area contributed by atoms with E-state index in [1.165, 1.54) is 4.57 Å². The van der Waals surface area contributed by atoms with Crippen molar-refractivity contribution in [3.8, 4) is 5.88 Å². The molecule has 1 fully saturated rings. The Morgan fingerprint density at radius 2 is 2.16 bits per heavy atom. The number of hydrogen-bond donors (Lipinski definition) is 3. The third kappa shape index (κ3) is 4.08. The summed E-state index contributed by atoms with van der Waals surface area (Å²) in [6.45, 7) is 7.29. The molecular weight excluding hydrogens is 322 g/mol. The van der Waals surface area contributed by atoms with Gasteiger partial charge in [-0.25, -0.2) is 9.97 Å². The summed E-state index contributed by atoms with van der Waals surface area (Å²) in [5.41, 5.74) is 0.894. The van der Waals surface area contributed by atoms with Crippen LogP contribution in [0.3, 0.4) is 0 Å². The second kappa shape index (κ2) is 6.97. The predicted molar refractivity (Wildman–Crippen MR) is 93.5 cm³/mol. The number of carbonyl (C=O) groups is 1. The van der Waals surface area contributed by atoms with Gasteiger partial charge in [0.25, 0.3) is 5.91 Å². The first kappa shape index (κ1) is 17.6. The molecule has 0 saturated carbocycles. The number of rotatable bonds is 4. The number of amides is 1. The van der Waals surface area contributed by atoms with Gasteiger partial charge in [0.1, 0.15) is 18.4 Å². The molecule has 0 unspecified atom stereocenters. The van der Waals surface area contributed by atoms with Gasteiger partial charge in [-0.15, -0.1) is 0 Å². The van der Waals surface area contributed by atoms with Crippen molar-refractivity contribution < 1.29 is 14.6 Å². The van der Waals surface area contributed by atoms with Gasteiger partial charge >= 0.3 is 0 Å². The monoisotopic (exact) mass is 347 g/mol. The molecule has 8 nitrogen and oxygen atoms in total. The summed E-state index contributed by atoms with van der Waals surface area (Å²) in [6.07, 6.45) is 5.03. The number of hydrogen-bond acceptors (Lipinski definition) is 6. The smallest absolute Gasteiger partial charge is 0.255 e. The maximum atomic E-state index is 12.6. The van der Waals surface area contributed by atoms with Crippen molar-refractivity contribution in [3.05, 3.63) is 18.0 Å². The van der Waals surface area contributed by atoms with E-state index in [1.807, 2.05) is 20.8 Å². The van der Waals surface area contributed by atoms with Crippen LogP contribution >= 0.6 is 0 Å². The second-order valence-corrected chi connectivity index (χ2v) is 7.31. The third-order valence-corrected chi connectivity index (χ3v) is 4.00. The first-order chi connectivity index (χ1) is 11.9. The highest BCUT2D eigenvalue weighted by Gasteiger charge is 2.23. The Morgan fingerprint density at radius 3 is 2.80 bits per heavy atom. The SMILES string of the molecule is CC(C)(C)NC(=O)c1cn(CO)c2ncc(OC3CCNCC3)nc12. The molecule has 8 heteroatoms. The van der Waals surface area contributed by atoms with E-state index in [0.717, 1.165) is 25.9 Å². The molecule has 25 heavy (non-hydrogen) atoms. The molecule has 3 rings (SSSR count). The van der Waals surface area contributed by atoms with Crippen molar-refractivity contribution in [1.29, 1.82) is 0 Å². The van der Waals surface area contributed by atoms with E-state index in [2.05, 4.69) is 20.6 Å². The Morgan fingerprint density at radius 1 is 1.44 bits per heavy atom. The van der Waals surface area contributed by atoms with Crippen molar-refractivity contribution in [2.75, 3.05) is 13.1 Å².